The average Bonchev–Trinajstić information content (AvgIpc) is 2.76. The van der Waals surface area contributed by atoms with Crippen molar-refractivity contribution in [1.82, 2.24) is 15.0 Å². The standard InChI is InChI=1S/C12H7ClFN3O/c13-11-10-12(16-6-15-11)18-9(17-10)5-7-1-3-8(14)4-2-7/h1-4,6H,5H2. The number of aromatic nitrogens is 3. The maximum Gasteiger partial charge on any atom is 0.251 e. The molecule has 0 unspecified atom stereocenters. The van der Waals surface area contributed by atoms with Gasteiger partial charge in [-0.3, -0.25) is 0 Å². The van der Waals surface area contributed by atoms with Gasteiger partial charge in [0, 0.05) is 6.42 Å². The lowest BCUT2D eigenvalue weighted by Crippen LogP contribution is -1.88. The molecule has 0 radical (unpaired) electrons. The first-order chi connectivity index (χ1) is 8.72. The summed E-state index contributed by atoms with van der Waals surface area (Å²) in [5.74, 6) is 0.198. The quantitative estimate of drug-likeness (QED) is 0.667. The topological polar surface area (TPSA) is 51.8 Å². The van der Waals surface area contributed by atoms with Crippen molar-refractivity contribution in [2.45, 2.75) is 6.42 Å². The highest BCUT2D eigenvalue weighted by molar-refractivity contribution is 6.33. The van der Waals surface area contributed by atoms with E-state index in [-0.39, 0.29) is 11.0 Å². The number of nitrogens with zero attached hydrogens (tertiary/aromatic N) is 3. The molecule has 0 aliphatic rings. The van der Waals surface area contributed by atoms with E-state index < -0.39 is 0 Å². The molecule has 2 heterocycles. The minimum atomic E-state index is -0.273. The summed E-state index contributed by atoms with van der Waals surface area (Å²) in [7, 11) is 0. The van der Waals surface area contributed by atoms with Crippen LogP contribution in [0.25, 0.3) is 11.2 Å². The third-order valence-corrected chi connectivity index (χ3v) is 2.74. The summed E-state index contributed by atoms with van der Waals surface area (Å²) in [4.78, 5) is 12.0. The van der Waals surface area contributed by atoms with Crippen LogP contribution in [0.4, 0.5) is 4.39 Å². The van der Waals surface area contributed by atoms with Crippen molar-refractivity contribution >= 4 is 22.8 Å². The third kappa shape index (κ3) is 2.04. The molecule has 1 aromatic carbocycles. The van der Waals surface area contributed by atoms with Crippen molar-refractivity contribution < 1.29 is 8.81 Å². The number of fused-ring (bicyclic) bond motifs is 1. The van der Waals surface area contributed by atoms with Crippen LogP contribution in [-0.2, 0) is 6.42 Å². The highest BCUT2D eigenvalue weighted by Gasteiger charge is 2.11. The normalized spacial score (nSPS) is 11.0. The molecular weight excluding hydrogens is 257 g/mol. The Morgan fingerprint density at radius 2 is 1.94 bits per heavy atom. The minimum absolute atomic E-state index is 0.258. The van der Waals surface area contributed by atoms with E-state index >= 15 is 0 Å². The van der Waals surface area contributed by atoms with Gasteiger partial charge in [-0.2, -0.15) is 4.98 Å². The molecule has 6 heteroatoms. The van der Waals surface area contributed by atoms with Crippen LogP contribution >= 0.6 is 11.6 Å². The molecule has 0 N–H and O–H groups in total. The molecular formula is C12H7ClFN3O. The van der Waals surface area contributed by atoms with Gasteiger partial charge < -0.3 is 4.42 Å². The molecule has 3 aromatic rings. The fraction of sp³-hybridized carbons (Fsp3) is 0.0833. The zero-order valence-corrected chi connectivity index (χ0v) is 9.86. The Bertz CT molecular complexity index is 696. The second kappa shape index (κ2) is 4.34. The van der Waals surface area contributed by atoms with Gasteiger partial charge in [0.05, 0.1) is 0 Å². The second-order valence-electron chi connectivity index (χ2n) is 3.73. The number of hydrogen-bond donors (Lipinski definition) is 0. The second-order valence-corrected chi connectivity index (χ2v) is 4.09. The molecule has 3 rings (SSSR count). The van der Waals surface area contributed by atoms with Crippen molar-refractivity contribution in [3.05, 3.63) is 53.0 Å². The highest BCUT2D eigenvalue weighted by atomic mass is 35.5. The molecule has 0 fully saturated rings. The van der Waals surface area contributed by atoms with E-state index in [1.54, 1.807) is 12.1 Å². The van der Waals surface area contributed by atoms with Crippen LogP contribution in [0.2, 0.25) is 5.15 Å². The Morgan fingerprint density at radius 1 is 1.17 bits per heavy atom. The zero-order chi connectivity index (χ0) is 12.5. The van der Waals surface area contributed by atoms with Crippen LogP contribution in [0.15, 0.2) is 35.0 Å². The fourth-order valence-electron chi connectivity index (χ4n) is 1.62. The Balaban J connectivity index is 1.95. The Morgan fingerprint density at radius 3 is 2.67 bits per heavy atom. The molecule has 18 heavy (non-hydrogen) atoms. The third-order valence-electron chi connectivity index (χ3n) is 2.46. The molecule has 0 saturated heterocycles. The Kier molecular flexibility index (Phi) is 2.68. The van der Waals surface area contributed by atoms with Crippen LogP contribution in [-0.4, -0.2) is 15.0 Å². The summed E-state index contributed by atoms with van der Waals surface area (Å²) in [6, 6.07) is 6.14. The van der Waals surface area contributed by atoms with Crippen molar-refractivity contribution in [3.8, 4) is 0 Å². The van der Waals surface area contributed by atoms with E-state index in [1.165, 1.54) is 18.5 Å². The summed E-state index contributed by atoms with van der Waals surface area (Å²) < 4.78 is 18.2. The summed E-state index contributed by atoms with van der Waals surface area (Å²) >= 11 is 5.87. The van der Waals surface area contributed by atoms with Gasteiger partial charge in [0.15, 0.2) is 10.7 Å². The molecule has 0 bridgehead atoms. The monoisotopic (exact) mass is 263 g/mol. The lowest BCUT2D eigenvalue weighted by Gasteiger charge is -1.95. The summed E-state index contributed by atoms with van der Waals surface area (Å²) in [6.45, 7) is 0. The largest absolute Gasteiger partial charge is 0.422 e. The first kappa shape index (κ1) is 11.1. The molecule has 90 valence electrons. The smallest absolute Gasteiger partial charge is 0.251 e. The van der Waals surface area contributed by atoms with E-state index in [2.05, 4.69) is 15.0 Å². The van der Waals surface area contributed by atoms with Crippen LogP contribution in [0.3, 0.4) is 0 Å². The van der Waals surface area contributed by atoms with E-state index in [0.29, 0.717) is 23.5 Å². The number of halogens is 2. The van der Waals surface area contributed by atoms with Crippen molar-refractivity contribution in [1.29, 1.82) is 0 Å². The molecule has 0 atom stereocenters. The number of benzene rings is 1. The molecule has 0 spiro atoms. The maximum absolute atomic E-state index is 12.8. The molecule has 0 amide bonds. The summed E-state index contributed by atoms with van der Waals surface area (Å²) in [5, 5.41) is 0.258. The number of hydrogen-bond acceptors (Lipinski definition) is 4. The van der Waals surface area contributed by atoms with Gasteiger partial charge in [0.25, 0.3) is 5.71 Å². The van der Waals surface area contributed by atoms with Gasteiger partial charge in [0.2, 0.25) is 5.89 Å². The number of rotatable bonds is 2. The molecule has 0 saturated carbocycles. The van der Waals surface area contributed by atoms with E-state index in [4.69, 9.17) is 16.0 Å². The van der Waals surface area contributed by atoms with Gasteiger partial charge in [-0.05, 0) is 17.7 Å². The van der Waals surface area contributed by atoms with Gasteiger partial charge in [-0.15, -0.1) is 0 Å². The van der Waals surface area contributed by atoms with Crippen molar-refractivity contribution in [3.63, 3.8) is 0 Å². The average molecular weight is 264 g/mol. The predicted molar refractivity (Wildman–Crippen MR) is 63.8 cm³/mol. The maximum atomic E-state index is 12.8. The van der Waals surface area contributed by atoms with Gasteiger partial charge >= 0.3 is 0 Å². The Hall–Kier alpha value is -2.01. The van der Waals surface area contributed by atoms with Crippen LogP contribution in [0.5, 0.6) is 0 Å². The fourth-order valence-corrected chi connectivity index (χ4v) is 1.79. The SMILES string of the molecule is Fc1ccc(Cc2nc3c(Cl)ncnc3o2)cc1. The summed E-state index contributed by atoms with van der Waals surface area (Å²) in [5.41, 5.74) is 1.69. The van der Waals surface area contributed by atoms with Gasteiger partial charge in [-0.25, -0.2) is 14.4 Å². The molecule has 2 aromatic heterocycles. The molecule has 0 aliphatic heterocycles. The van der Waals surface area contributed by atoms with E-state index in [0.717, 1.165) is 5.56 Å². The van der Waals surface area contributed by atoms with Gasteiger partial charge in [-0.1, -0.05) is 23.7 Å². The molecule has 4 nitrogen and oxygen atoms in total. The van der Waals surface area contributed by atoms with Gasteiger partial charge in [0.1, 0.15) is 12.1 Å². The predicted octanol–water partition coefficient (Wildman–Crippen LogP) is 3.00. The van der Waals surface area contributed by atoms with E-state index in [1.807, 2.05) is 0 Å². The first-order valence-corrected chi connectivity index (χ1v) is 5.60. The summed E-state index contributed by atoms with van der Waals surface area (Å²) in [6.07, 6.45) is 1.77. The highest BCUT2D eigenvalue weighted by Crippen LogP contribution is 2.20. The first-order valence-electron chi connectivity index (χ1n) is 5.23. The van der Waals surface area contributed by atoms with Crippen LogP contribution in [0.1, 0.15) is 11.5 Å². The van der Waals surface area contributed by atoms with Crippen molar-refractivity contribution in [2.24, 2.45) is 0 Å². The van der Waals surface area contributed by atoms with Crippen molar-refractivity contribution in [2.75, 3.05) is 0 Å². The zero-order valence-electron chi connectivity index (χ0n) is 9.10. The van der Waals surface area contributed by atoms with Crippen LogP contribution < -0.4 is 0 Å². The van der Waals surface area contributed by atoms with E-state index in [9.17, 15) is 4.39 Å². The lowest BCUT2D eigenvalue weighted by molar-refractivity contribution is 0.534. The Labute approximate surface area is 106 Å². The lowest BCUT2D eigenvalue weighted by atomic mass is 10.1. The van der Waals surface area contributed by atoms with Crippen LogP contribution in [0, 0.1) is 5.82 Å². The minimum Gasteiger partial charge on any atom is -0.422 e. The molecule has 0 aliphatic carbocycles. The number of oxazole rings is 1.